The minimum atomic E-state index is -0.522. The van der Waals surface area contributed by atoms with Crippen molar-refractivity contribution in [2.24, 2.45) is 0 Å². The van der Waals surface area contributed by atoms with Crippen molar-refractivity contribution in [2.45, 2.75) is 0 Å². The van der Waals surface area contributed by atoms with Crippen molar-refractivity contribution in [1.82, 2.24) is 0 Å². The molecule has 0 saturated heterocycles. The maximum Gasteiger partial charge on any atom is 0.198 e. The minimum Gasteiger partial charge on any atom is -0.508 e. The molecule has 2 aromatic carbocycles. The third kappa shape index (κ3) is 1.48. The Bertz CT molecular complexity index is 746. The number of carbonyl (C=O) groups is 2. The van der Waals surface area contributed by atoms with Gasteiger partial charge >= 0.3 is 0 Å². The predicted molar refractivity (Wildman–Crippen MR) is 64.7 cm³/mol. The number of aromatic hydroxyl groups is 3. The summed E-state index contributed by atoms with van der Waals surface area (Å²) in [5, 5.41) is 28.5. The molecular weight excluding hydrogens is 248 g/mol. The molecule has 3 N–H and O–H groups in total. The molecule has 0 bridgehead atoms. The van der Waals surface area contributed by atoms with E-state index < -0.39 is 17.3 Å². The third-order valence-corrected chi connectivity index (χ3v) is 3.07. The van der Waals surface area contributed by atoms with Gasteiger partial charge in [-0.1, -0.05) is 0 Å². The van der Waals surface area contributed by atoms with E-state index in [0.29, 0.717) is 0 Å². The first-order chi connectivity index (χ1) is 8.99. The van der Waals surface area contributed by atoms with Gasteiger partial charge in [-0.3, -0.25) is 9.59 Å². The fourth-order valence-electron chi connectivity index (χ4n) is 2.23. The van der Waals surface area contributed by atoms with Crippen molar-refractivity contribution in [3.63, 3.8) is 0 Å². The Morgan fingerprint density at radius 1 is 0.684 bits per heavy atom. The molecule has 5 nitrogen and oxygen atoms in total. The maximum atomic E-state index is 12.2. The van der Waals surface area contributed by atoms with Gasteiger partial charge in [0.1, 0.15) is 17.2 Å². The lowest BCUT2D eigenvalue weighted by Crippen LogP contribution is -2.20. The summed E-state index contributed by atoms with van der Waals surface area (Å²) < 4.78 is 0. The first-order valence-electron chi connectivity index (χ1n) is 5.47. The number of hydrogen-bond acceptors (Lipinski definition) is 5. The summed E-state index contributed by atoms with van der Waals surface area (Å²) in [6.45, 7) is 0. The standard InChI is InChI=1S/C14H8O5/c15-6-1-2-8-9(3-6)13(18)10-4-7(16)5-11(17)12(10)14(8)19/h1-5,15-17H. The van der Waals surface area contributed by atoms with Crippen LogP contribution in [0.5, 0.6) is 17.2 Å². The van der Waals surface area contributed by atoms with Gasteiger partial charge in [0, 0.05) is 22.8 Å². The largest absolute Gasteiger partial charge is 0.508 e. The molecule has 0 spiro atoms. The Hall–Kier alpha value is -2.82. The van der Waals surface area contributed by atoms with Gasteiger partial charge in [0.05, 0.1) is 5.56 Å². The summed E-state index contributed by atoms with van der Waals surface area (Å²) in [4.78, 5) is 24.4. The molecule has 1 aliphatic carbocycles. The minimum absolute atomic E-state index is 0.0579. The zero-order valence-corrected chi connectivity index (χ0v) is 9.54. The number of phenolic OH excluding ortho intramolecular Hbond substituents is 3. The second-order valence-corrected chi connectivity index (χ2v) is 4.28. The molecule has 94 valence electrons. The van der Waals surface area contributed by atoms with E-state index in [4.69, 9.17) is 0 Å². The molecule has 0 heterocycles. The van der Waals surface area contributed by atoms with E-state index in [1.165, 1.54) is 18.2 Å². The number of ketones is 2. The van der Waals surface area contributed by atoms with Gasteiger partial charge in [-0.2, -0.15) is 0 Å². The first-order valence-corrected chi connectivity index (χ1v) is 5.47. The molecule has 0 aromatic heterocycles. The molecule has 0 fully saturated rings. The fraction of sp³-hybridized carbons (Fsp3) is 0. The van der Waals surface area contributed by atoms with E-state index >= 15 is 0 Å². The average Bonchev–Trinajstić information content (AvgIpc) is 2.35. The molecule has 2 aromatic rings. The van der Waals surface area contributed by atoms with E-state index in [1.54, 1.807) is 0 Å². The van der Waals surface area contributed by atoms with Crippen LogP contribution in [-0.4, -0.2) is 26.9 Å². The van der Waals surface area contributed by atoms with Crippen molar-refractivity contribution in [3.05, 3.63) is 52.6 Å². The summed E-state index contributed by atoms with van der Waals surface area (Å²) >= 11 is 0. The van der Waals surface area contributed by atoms with E-state index in [1.807, 2.05) is 0 Å². The van der Waals surface area contributed by atoms with Gasteiger partial charge < -0.3 is 15.3 Å². The zero-order valence-electron chi connectivity index (χ0n) is 9.54. The second-order valence-electron chi connectivity index (χ2n) is 4.28. The molecular formula is C14H8O5. The molecule has 3 rings (SSSR count). The number of carbonyl (C=O) groups excluding carboxylic acids is 2. The lowest BCUT2D eigenvalue weighted by molar-refractivity contribution is 0.0976. The number of hydrogen-bond donors (Lipinski definition) is 3. The Labute approximate surface area is 107 Å². The summed E-state index contributed by atoms with van der Waals surface area (Å²) in [5.74, 6) is -1.91. The number of phenols is 3. The second kappa shape index (κ2) is 3.58. The quantitative estimate of drug-likeness (QED) is 0.567. The van der Waals surface area contributed by atoms with Crippen LogP contribution in [0.4, 0.5) is 0 Å². The number of benzene rings is 2. The Morgan fingerprint density at radius 3 is 2.11 bits per heavy atom. The fourth-order valence-corrected chi connectivity index (χ4v) is 2.23. The topological polar surface area (TPSA) is 94.8 Å². The molecule has 0 aliphatic heterocycles. The molecule has 0 radical (unpaired) electrons. The Kier molecular flexibility index (Phi) is 2.13. The van der Waals surface area contributed by atoms with Gasteiger partial charge in [-0.05, 0) is 24.3 Å². The van der Waals surface area contributed by atoms with Crippen molar-refractivity contribution in [3.8, 4) is 17.2 Å². The molecule has 0 unspecified atom stereocenters. The molecule has 0 amide bonds. The van der Waals surface area contributed by atoms with Crippen LogP contribution in [-0.2, 0) is 0 Å². The zero-order chi connectivity index (χ0) is 13.7. The van der Waals surface area contributed by atoms with Crippen LogP contribution in [0, 0.1) is 0 Å². The summed E-state index contributed by atoms with van der Waals surface area (Å²) in [6.07, 6.45) is 0. The van der Waals surface area contributed by atoms with E-state index in [-0.39, 0.29) is 33.8 Å². The molecule has 0 atom stereocenters. The summed E-state index contributed by atoms with van der Waals surface area (Å²) in [7, 11) is 0. The van der Waals surface area contributed by atoms with Crippen LogP contribution in [0.1, 0.15) is 31.8 Å². The van der Waals surface area contributed by atoms with Crippen LogP contribution in [0.3, 0.4) is 0 Å². The van der Waals surface area contributed by atoms with Crippen LogP contribution in [0.15, 0.2) is 30.3 Å². The van der Waals surface area contributed by atoms with Crippen molar-refractivity contribution in [2.75, 3.05) is 0 Å². The van der Waals surface area contributed by atoms with E-state index in [9.17, 15) is 24.9 Å². The maximum absolute atomic E-state index is 12.2. The highest BCUT2D eigenvalue weighted by molar-refractivity contribution is 6.29. The third-order valence-electron chi connectivity index (χ3n) is 3.07. The Morgan fingerprint density at radius 2 is 1.37 bits per heavy atom. The summed E-state index contributed by atoms with van der Waals surface area (Å²) in [5.41, 5.74) is -0.0135. The van der Waals surface area contributed by atoms with Crippen molar-refractivity contribution >= 4 is 11.6 Å². The van der Waals surface area contributed by atoms with Gasteiger partial charge in [0.2, 0.25) is 0 Å². The SMILES string of the molecule is O=C1c2cc(O)ccc2C(=O)c2c(O)cc(O)cc21. The van der Waals surface area contributed by atoms with E-state index in [2.05, 4.69) is 0 Å². The van der Waals surface area contributed by atoms with Gasteiger partial charge in [0.15, 0.2) is 11.6 Å². The highest BCUT2D eigenvalue weighted by Crippen LogP contribution is 2.36. The molecule has 5 heteroatoms. The van der Waals surface area contributed by atoms with Crippen LogP contribution >= 0.6 is 0 Å². The highest BCUT2D eigenvalue weighted by Gasteiger charge is 2.32. The summed E-state index contributed by atoms with van der Waals surface area (Å²) in [6, 6.07) is 5.96. The van der Waals surface area contributed by atoms with Crippen molar-refractivity contribution in [1.29, 1.82) is 0 Å². The number of rotatable bonds is 0. The highest BCUT2D eigenvalue weighted by atomic mass is 16.3. The van der Waals surface area contributed by atoms with E-state index in [0.717, 1.165) is 12.1 Å². The number of fused-ring (bicyclic) bond motifs is 2. The molecule has 19 heavy (non-hydrogen) atoms. The first kappa shape index (κ1) is 11.3. The monoisotopic (exact) mass is 256 g/mol. The van der Waals surface area contributed by atoms with Gasteiger partial charge in [0.25, 0.3) is 0 Å². The van der Waals surface area contributed by atoms with Crippen molar-refractivity contribution < 1.29 is 24.9 Å². The van der Waals surface area contributed by atoms with Crippen LogP contribution < -0.4 is 0 Å². The van der Waals surface area contributed by atoms with Crippen LogP contribution in [0.25, 0.3) is 0 Å². The molecule has 1 aliphatic rings. The predicted octanol–water partition coefficient (Wildman–Crippen LogP) is 1.58. The lowest BCUT2D eigenvalue weighted by Gasteiger charge is -2.18. The Balaban J connectivity index is 2.36. The van der Waals surface area contributed by atoms with Crippen LogP contribution in [0.2, 0.25) is 0 Å². The smallest absolute Gasteiger partial charge is 0.198 e. The lowest BCUT2D eigenvalue weighted by atomic mass is 9.83. The normalized spacial score (nSPS) is 13.1. The van der Waals surface area contributed by atoms with Gasteiger partial charge in [-0.25, -0.2) is 0 Å². The molecule has 0 saturated carbocycles. The average molecular weight is 256 g/mol. The van der Waals surface area contributed by atoms with Gasteiger partial charge in [-0.15, -0.1) is 0 Å².